The lowest BCUT2D eigenvalue weighted by Crippen LogP contribution is -2.38. The van der Waals surface area contributed by atoms with Gasteiger partial charge < -0.3 is 15.9 Å². The van der Waals surface area contributed by atoms with Crippen molar-refractivity contribution in [3.05, 3.63) is 35.9 Å². The van der Waals surface area contributed by atoms with Gasteiger partial charge in [-0.3, -0.25) is 0 Å². The van der Waals surface area contributed by atoms with E-state index in [1.165, 1.54) is 0 Å². The summed E-state index contributed by atoms with van der Waals surface area (Å²) in [6.45, 7) is 2.06. The maximum Gasteiger partial charge on any atom is 0.0784 e. The van der Waals surface area contributed by atoms with Crippen LogP contribution in [-0.2, 0) is 6.42 Å². The Kier molecular flexibility index (Phi) is 6.58. The molecule has 0 aliphatic carbocycles. The van der Waals surface area contributed by atoms with Gasteiger partial charge in [0.05, 0.1) is 12.7 Å². The number of thioether (sulfide) groups is 1. The largest absolute Gasteiger partial charge is 0.395 e. The molecule has 1 rings (SSSR count). The van der Waals surface area contributed by atoms with E-state index in [2.05, 4.69) is 0 Å². The molecule has 0 saturated carbocycles. The number of benzene rings is 1. The Morgan fingerprint density at radius 2 is 1.94 bits per heavy atom. The summed E-state index contributed by atoms with van der Waals surface area (Å²) < 4.78 is 0. The zero-order valence-electron chi connectivity index (χ0n) is 10.1. The molecule has 4 heteroatoms. The third-order valence-corrected chi connectivity index (χ3v) is 3.87. The fourth-order valence-corrected chi connectivity index (χ4v) is 2.34. The first-order valence-electron chi connectivity index (χ1n) is 5.83. The van der Waals surface area contributed by atoms with Crippen molar-refractivity contribution in [3.63, 3.8) is 0 Å². The normalized spacial score (nSPS) is 16.5. The molecule has 0 heterocycles. The van der Waals surface area contributed by atoms with Crippen LogP contribution in [0.5, 0.6) is 0 Å². The van der Waals surface area contributed by atoms with Gasteiger partial charge in [-0.15, -0.1) is 0 Å². The predicted octanol–water partition coefficient (Wildman–Crippen LogP) is 1.03. The van der Waals surface area contributed by atoms with E-state index in [4.69, 9.17) is 10.8 Å². The molecular formula is C13H21NO2S. The average molecular weight is 255 g/mol. The topological polar surface area (TPSA) is 66.5 Å². The standard InChI is InChI=1S/C13H21NO2S/c1-10(8-15)17-9-13(16)12(14)7-11-5-3-2-4-6-11/h2-6,10,12-13,15-16H,7-9,14H2,1H3. The molecule has 1 aromatic carbocycles. The average Bonchev–Trinajstić information content (AvgIpc) is 2.36. The summed E-state index contributed by atoms with van der Waals surface area (Å²) in [7, 11) is 0. The third-order valence-electron chi connectivity index (χ3n) is 2.62. The minimum absolute atomic E-state index is 0.130. The lowest BCUT2D eigenvalue weighted by Gasteiger charge is -2.19. The minimum atomic E-state index is -0.533. The second kappa shape index (κ2) is 7.71. The van der Waals surface area contributed by atoms with Crippen molar-refractivity contribution in [3.8, 4) is 0 Å². The first-order chi connectivity index (χ1) is 8.13. The van der Waals surface area contributed by atoms with E-state index in [1.54, 1.807) is 11.8 Å². The Balaban J connectivity index is 2.34. The molecule has 3 atom stereocenters. The van der Waals surface area contributed by atoms with E-state index in [9.17, 15) is 5.11 Å². The van der Waals surface area contributed by atoms with Gasteiger partial charge in [0.15, 0.2) is 0 Å². The summed E-state index contributed by atoms with van der Waals surface area (Å²) in [6.07, 6.45) is 0.144. The van der Waals surface area contributed by atoms with Gasteiger partial charge in [-0.05, 0) is 12.0 Å². The van der Waals surface area contributed by atoms with Crippen LogP contribution in [0.25, 0.3) is 0 Å². The van der Waals surface area contributed by atoms with Crippen molar-refractivity contribution in [1.82, 2.24) is 0 Å². The van der Waals surface area contributed by atoms with Crippen LogP contribution in [0.2, 0.25) is 0 Å². The van der Waals surface area contributed by atoms with Crippen LogP contribution in [0.4, 0.5) is 0 Å². The van der Waals surface area contributed by atoms with Crippen molar-refractivity contribution >= 4 is 11.8 Å². The second-order valence-corrected chi connectivity index (χ2v) is 5.72. The van der Waals surface area contributed by atoms with Gasteiger partial charge in [0.1, 0.15) is 0 Å². The molecule has 0 amide bonds. The molecule has 3 nitrogen and oxygen atoms in total. The molecule has 4 N–H and O–H groups in total. The first-order valence-corrected chi connectivity index (χ1v) is 6.88. The molecule has 3 unspecified atom stereocenters. The van der Waals surface area contributed by atoms with Crippen LogP contribution in [0.3, 0.4) is 0 Å². The molecule has 0 spiro atoms. The molecule has 0 radical (unpaired) electrons. The van der Waals surface area contributed by atoms with Gasteiger partial charge in [-0.25, -0.2) is 0 Å². The second-order valence-electron chi connectivity index (χ2n) is 4.25. The number of nitrogens with two attached hydrogens (primary N) is 1. The van der Waals surface area contributed by atoms with Gasteiger partial charge in [-0.1, -0.05) is 37.3 Å². The van der Waals surface area contributed by atoms with E-state index >= 15 is 0 Å². The molecule has 0 bridgehead atoms. The number of aliphatic hydroxyl groups is 2. The van der Waals surface area contributed by atoms with Crippen LogP contribution in [-0.4, -0.2) is 40.0 Å². The van der Waals surface area contributed by atoms with E-state index < -0.39 is 6.10 Å². The van der Waals surface area contributed by atoms with Crippen LogP contribution in [0, 0.1) is 0 Å². The van der Waals surface area contributed by atoms with Crippen molar-refractivity contribution in [2.45, 2.75) is 30.7 Å². The van der Waals surface area contributed by atoms with Crippen LogP contribution < -0.4 is 5.73 Å². The van der Waals surface area contributed by atoms with Gasteiger partial charge in [-0.2, -0.15) is 11.8 Å². The molecular weight excluding hydrogens is 234 g/mol. The smallest absolute Gasteiger partial charge is 0.0784 e. The highest BCUT2D eigenvalue weighted by atomic mass is 32.2. The maximum atomic E-state index is 9.90. The van der Waals surface area contributed by atoms with Crippen molar-refractivity contribution in [2.24, 2.45) is 5.73 Å². The monoisotopic (exact) mass is 255 g/mol. The Bertz CT molecular complexity index is 308. The van der Waals surface area contributed by atoms with Crippen molar-refractivity contribution in [2.75, 3.05) is 12.4 Å². The van der Waals surface area contributed by atoms with Crippen LogP contribution >= 0.6 is 11.8 Å². The Labute approximate surface area is 107 Å². The van der Waals surface area contributed by atoms with Crippen molar-refractivity contribution in [1.29, 1.82) is 0 Å². The molecule has 1 aromatic rings. The number of hydrogen-bond donors (Lipinski definition) is 3. The molecule has 96 valence electrons. The van der Waals surface area contributed by atoms with E-state index in [-0.39, 0.29) is 17.9 Å². The highest BCUT2D eigenvalue weighted by molar-refractivity contribution is 7.99. The Morgan fingerprint density at radius 1 is 1.29 bits per heavy atom. The van der Waals surface area contributed by atoms with E-state index in [0.29, 0.717) is 12.2 Å². The highest BCUT2D eigenvalue weighted by Crippen LogP contribution is 2.13. The predicted molar refractivity (Wildman–Crippen MR) is 73.1 cm³/mol. The van der Waals surface area contributed by atoms with Crippen LogP contribution in [0.1, 0.15) is 12.5 Å². The summed E-state index contributed by atoms with van der Waals surface area (Å²) >= 11 is 1.54. The Hall–Kier alpha value is -0.550. The fourth-order valence-electron chi connectivity index (χ4n) is 1.46. The maximum absolute atomic E-state index is 9.90. The SMILES string of the molecule is CC(CO)SCC(O)C(N)Cc1ccccc1. The highest BCUT2D eigenvalue weighted by Gasteiger charge is 2.16. The lowest BCUT2D eigenvalue weighted by atomic mass is 10.0. The summed E-state index contributed by atoms with van der Waals surface area (Å²) in [4.78, 5) is 0. The quantitative estimate of drug-likeness (QED) is 0.681. The number of aliphatic hydroxyl groups excluding tert-OH is 2. The summed E-state index contributed by atoms with van der Waals surface area (Å²) in [5, 5.41) is 18.9. The zero-order chi connectivity index (χ0) is 12.7. The molecule has 0 saturated heterocycles. The van der Waals surface area contributed by atoms with Gasteiger partial charge in [0.25, 0.3) is 0 Å². The summed E-state index contributed by atoms with van der Waals surface area (Å²) in [5.74, 6) is 0.565. The number of hydrogen-bond acceptors (Lipinski definition) is 4. The number of rotatable bonds is 7. The molecule has 17 heavy (non-hydrogen) atoms. The zero-order valence-corrected chi connectivity index (χ0v) is 10.9. The van der Waals surface area contributed by atoms with Gasteiger partial charge in [0.2, 0.25) is 0 Å². The molecule has 0 aliphatic heterocycles. The molecule has 0 aromatic heterocycles. The fraction of sp³-hybridized carbons (Fsp3) is 0.538. The lowest BCUT2D eigenvalue weighted by molar-refractivity contribution is 0.167. The van der Waals surface area contributed by atoms with Gasteiger partial charge in [0, 0.05) is 17.0 Å². The summed E-state index contributed by atoms with van der Waals surface area (Å²) in [6, 6.07) is 9.67. The first kappa shape index (κ1) is 14.5. The van der Waals surface area contributed by atoms with Crippen molar-refractivity contribution < 1.29 is 10.2 Å². The molecule has 0 fully saturated rings. The third kappa shape index (κ3) is 5.55. The van der Waals surface area contributed by atoms with E-state index in [0.717, 1.165) is 5.56 Å². The molecule has 0 aliphatic rings. The van der Waals surface area contributed by atoms with Crippen LogP contribution in [0.15, 0.2) is 30.3 Å². The minimum Gasteiger partial charge on any atom is -0.395 e. The van der Waals surface area contributed by atoms with Gasteiger partial charge >= 0.3 is 0 Å². The van der Waals surface area contributed by atoms with E-state index in [1.807, 2.05) is 37.3 Å². The summed E-state index contributed by atoms with van der Waals surface area (Å²) in [5.41, 5.74) is 7.09. The Morgan fingerprint density at radius 3 is 2.53 bits per heavy atom.